The maximum Gasteiger partial charge on any atom is 0.260 e. The van der Waals surface area contributed by atoms with E-state index in [1.807, 2.05) is 25.1 Å². The van der Waals surface area contributed by atoms with E-state index >= 15 is 0 Å². The molecule has 1 aliphatic carbocycles. The molecule has 1 fully saturated rings. The van der Waals surface area contributed by atoms with Gasteiger partial charge in [0.25, 0.3) is 5.89 Å². The molecule has 6 heteroatoms. The summed E-state index contributed by atoms with van der Waals surface area (Å²) in [5, 5.41) is 4.17. The van der Waals surface area contributed by atoms with Crippen LogP contribution in [0.4, 0.5) is 5.69 Å². The lowest BCUT2D eigenvalue weighted by Gasteiger charge is -2.24. The number of ether oxygens (including phenoxy) is 1. The van der Waals surface area contributed by atoms with E-state index < -0.39 is 0 Å². The molecule has 1 aromatic carbocycles. The summed E-state index contributed by atoms with van der Waals surface area (Å²) in [7, 11) is 0. The van der Waals surface area contributed by atoms with Crippen molar-refractivity contribution in [3.63, 3.8) is 0 Å². The zero-order chi connectivity index (χ0) is 14.9. The standard InChI is InChI=1S/C15H18IN3O2/c1-2-20-15(7-3-4-8-15)14-18-13(21-19-14)11-9-10(16)5-6-12(11)17/h5-6,9H,2-4,7-8,17H2,1H3. The highest BCUT2D eigenvalue weighted by atomic mass is 127. The third-order valence-electron chi connectivity index (χ3n) is 3.91. The minimum Gasteiger partial charge on any atom is -0.398 e. The number of benzene rings is 1. The van der Waals surface area contributed by atoms with Crippen LogP contribution < -0.4 is 5.73 Å². The average Bonchev–Trinajstić information content (AvgIpc) is 3.11. The van der Waals surface area contributed by atoms with Crippen molar-refractivity contribution in [2.45, 2.75) is 38.2 Å². The van der Waals surface area contributed by atoms with Crippen molar-refractivity contribution in [1.29, 1.82) is 0 Å². The number of nitrogen functional groups attached to an aromatic ring is 1. The van der Waals surface area contributed by atoms with Crippen LogP contribution in [0.2, 0.25) is 0 Å². The van der Waals surface area contributed by atoms with Gasteiger partial charge in [-0.3, -0.25) is 0 Å². The van der Waals surface area contributed by atoms with E-state index in [9.17, 15) is 0 Å². The van der Waals surface area contributed by atoms with Crippen LogP contribution in [0.3, 0.4) is 0 Å². The molecule has 5 nitrogen and oxygen atoms in total. The first-order valence-corrected chi connectivity index (χ1v) is 8.26. The smallest absolute Gasteiger partial charge is 0.260 e. The third kappa shape index (κ3) is 2.78. The summed E-state index contributed by atoms with van der Waals surface area (Å²) in [6, 6.07) is 5.76. The molecule has 1 saturated carbocycles. The van der Waals surface area contributed by atoms with Crippen molar-refractivity contribution in [2.24, 2.45) is 0 Å². The number of hydrogen-bond acceptors (Lipinski definition) is 5. The van der Waals surface area contributed by atoms with Crippen molar-refractivity contribution in [1.82, 2.24) is 10.1 Å². The molecule has 1 aliphatic rings. The largest absolute Gasteiger partial charge is 0.398 e. The van der Waals surface area contributed by atoms with E-state index in [2.05, 4.69) is 32.7 Å². The van der Waals surface area contributed by atoms with E-state index in [1.54, 1.807) is 0 Å². The van der Waals surface area contributed by atoms with Crippen LogP contribution in [0.25, 0.3) is 11.5 Å². The zero-order valence-electron chi connectivity index (χ0n) is 11.9. The van der Waals surface area contributed by atoms with E-state index in [0.717, 1.165) is 34.8 Å². The predicted molar refractivity (Wildman–Crippen MR) is 88.6 cm³/mol. The molecule has 112 valence electrons. The Kier molecular flexibility index (Phi) is 4.17. The summed E-state index contributed by atoms with van der Waals surface area (Å²) in [5.74, 6) is 1.11. The van der Waals surface area contributed by atoms with Crippen LogP contribution in [0.1, 0.15) is 38.4 Å². The Morgan fingerprint density at radius 2 is 2.14 bits per heavy atom. The highest BCUT2D eigenvalue weighted by Gasteiger charge is 2.41. The van der Waals surface area contributed by atoms with E-state index in [0.29, 0.717) is 24.0 Å². The van der Waals surface area contributed by atoms with Gasteiger partial charge in [0.05, 0.1) is 5.56 Å². The fraction of sp³-hybridized carbons (Fsp3) is 0.467. The number of anilines is 1. The molecule has 0 radical (unpaired) electrons. The van der Waals surface area contributed by atoms with Gasteiger partial charge in [0.1, 0.15) is 5.60 Å². The SMILES string of the molecule is CCOC1(c2noc(-c3cc(I)ccc3N)n2)CCCC1. The van der Waals surface area contributed by atoms with Crippen molar-refractivity contribution in [3.05, 3.63) is 27.6 Å². The maximum absolute atomic E-state index is 6.01. The first kappa shape index (κ1) is 14.8. The molecule has 0 spiro atoms. The van der Waals surface area contributed by atoms with Crippen LogP contribution in [-0.2, 0) is 10.3 Å². The van der Waals surface area contributed by atoms with E-state index in [-0.39, 0.29) is 5.60 Å². The van der Waals surface area contributed by atoms with Gasteiger partial charge in [0.2, 0.25) is 5.82 Å². The monoisotopic (exact) mass is 399 g/mol. The number of nitrogens with two attached hydrogens (primary N) is 1. The molecule has 0 unspecified atom stereocenters. The summed E-state index contributed by atoms with van der Waals surface area (Å²) in [5.41, 5.74) is 7.06. The van der Waals surface area contributed by atoms with Gasteiger partial charge in [0.15, 0.2) is 0 Å². The number of nitrogens with zero attached hydrogens (tertiary/aromatic N) is 2. The first-order chi connectivity index (χ1) is 10.1. The highest BCUT2D eigenvalue weighted by molar-refractivity contribution is 14.1. The van der Waals surface area contributed by atoms with Crippen LogP contribution in [0.15, 0.2) is 22.7 Å². The molecule has 1 heterocycles. The van der Waals surface area contributed by atoms with Gasteiger partial charge in [-0.25, -0.2) is 0 Å². The maximum atomic E-state index is 6.01. The molecule has 3 rings (SSSR count). The Hall–Kier alpha value is -1.15. The third-order valence-corrected chi connectivity index (χ3v) is 4.58. The highest BCUT2D eigenvalue weighted by Crippen LogP contribution is 2.41. The quantitative estimate of drug-likeness (QED) is 0.627. The summed E-state index contributed by atoms with van der Waals surface area (Å²) in [4.78, 5) is 4.57. The lowest BCUT2D eigenvalue weighted by Crippen LogP contribution is -2.27. The van der Waals surface area contributed by atoms with Crippen molar-refractivity contribution in [3.8, 4) is 11.5 Å². The summed E-state index contributed by atoms with van der Waals surface area (Å²) < 4.78 is 12.5. The summed E-state index contributed by atoms with van der Waals surface area (Å²) in [6.07, 6.45) is 4.16. The molecule has 0 aliphatic heterocycles. The Balaban J connectivity index is 1.97. The number of aromatic nitrogens is 2. The normalized spacial score (nSPS) is 17.2. The van der Waals surface area contributed by atoms with Crippen molar-refractivity contribution < 1.29 is 9.26 Å². The van der Waals surface area contributed by atoms with Crippen LogP contribution >= 0.6 is 22.6 Å². The van der Waals surface area contributed by atoms with Crippen LogP contribution in [-0.4, -0.2) is 16.7 Å². The Labute approximate surface area is 137 Å². The van der Waals surface area contributed by atoms with Crippen molar-refractivity contribution in [2.75, 3.05) is 12.3 Å². The Morgan fingerprint density at radius 1 is 1.38 bits per heavy atom. The molecule has 2 aromatic rings. The first-order valence-electron chi connectivity index (χ1n) is 7.18. The fourth-order valence-electron chi connectivity index (χ4n) is 2.89. The molecule has 0 bridgehead atoms. The lowest BCUT2D eigenvalue weighted by molar-refractivity contribution is -0.0469. The van der Waals surface area contributed by atoms with Gasteiger partial charge in [-0.15, -0.1) is 0 Å². The molecular formula is C15H18IN3O2. The topological polar surface area (TPSA) is 74.2 Å². The minimum absolute atomic E-state index is 0.382. The van der Waals surface area contributed by atoms with Gasteiger partial charge in [-0.2, -0.15) is 4.98 Å². The summed E-state index contributed by atoms with van der Waals surface area (Å²) in [6.45, 7) is 2.65. The second kappa shape index (κ2) is 5.92. The van der Waals surface area contributed by atoms with Gasteiger partial charge < -0.3 is 15.0 Å². The van der Waals surface area contributed by atoms with Gasteiger partial charge in [-0.05, 0) is 73.4 Å². The molecular weight excluding hydrogens is 381 g/mol. The molecule has 1 aromatic heterocycles. The Morgan fingerprint density at radius 3 is 2.86 bits per heavy atom. The zero-order valence-corrected chi connectivity index (χ0v) is 14.1. The van der Waals surface area contributed by atoms with E-state index in [1.165, 1.54) is 0 Å². The number of rotatable bonds is 4. The van der Waals surface area contributed by atoms with Crippen LogP contribution in [0.5, 0.6) is 0 Å². The predicted octanol–water partition coefficient (Wildman–Crippen LogP) is 3.73. The fourth-order valence-corrected chi connectivity index (χ4v) is 3.38. The molecule has 0 saturated heterocycles. The second-order valence-corrected chi connectivity index (χ2v) is 6.53. The van der Waals surface area contributed by atoms with Gasteiger partial charge >= 0.3 is 0 Å². The van der Waals surface area contributed by atoms with Crippen LogP contribution in [0, 0.1) is 3.57 Å². The van der Waals surface area contributed by atoms with Gasteiger partial charge in [-0.1, -0.05) is 5.16 Å². The lowest BCUT2D eigenvalue weighted by atomic mass is 10.0. The molecule has 21 heavy (non-hydrogen) atoms. The van der Waals surface area contributed by atoms with Gasteiger partial charge in [0, 0.05) is 15.9 Å². The Bertz CT molecular complexity index is 636. The van der Waals surface area contributed by atoms with Crippen molar-refractivity contribution >= 4 is 28.3 Å². The second-order valence-electron chi connectivity index (χ2n) is 5.29. The van der Waals surface area contributed by atoms with E-state index in [4.69, 9.17) is 15.0 Å². The number of halogens is 1. The molecule has 0 atom stereocenters. The average molecular weight is 399 g/mol. The molecule has 0 amide bonds. The summed E-state index contributed by atoms with van der Waals surface area (Å²) >= 11 is 2.24. The number of hydrogen-bond donors (Lipinski definition) is 1. The minimum atomic E-state index is -0.382. The molecule has 2 N–H and O–H groups in total.